The van der Waals surface area contributed by atoms with Gasteiger partial charge in [0.1, 0.15) is 11.6 Å². The number of hydrogen-bond acceptors (Lipinski definition) is 1. The second kappa shape index (κ2) is 5.20. The quantitative estimate of drug-likeness (QED) is 0.850. The molecule has 3 heteroatoms. The second-order valence-corrected chi connectivity index (χ2v) is 6.29. The van der Waals surface area contributed by atoms with Gasteiger partial charge in [-0.05, 0) is 56.1 Å². The Bertz CT molecular complexity index is 460. The normalized spacial score (nSPS) is 27.8. The highest BCUT2D eigenvalue weighted by molar-refractivity contribution is 5.33. The summed E-state index contributed by atoms with van der Waals surface area (Å²) >= 11 is 0. The lowest BCUT2D eigenvalue weighted by molar-refractivity contribution is 0.188. The molecule has 1 fully saturated rings. The highest BCUT2D eigenvalue weighted by Gasteiger charge is 2.38. The van der Waals surface area contributed by atoms with E-state index in [0.717, 1.165) is 12.8 Å². The van der Waals surface area contributed by atoms with E-state index in [4.69, 9.17) is 5.73 Å². The molecule has 0 spiro atoms. The van der Waals surface area contributed by atoms with E-state index in [-0.39, 0.29) is 5.56 Å². The maximum Gasteiger partial charge on any atom is 0.134 e. The van der Waals surface area contributed by atoms with Crippen LogP contribution in [0.15, 0.2) is 12.1 Å². The van der Waals surface area contributed by atoms with Gasteiger partial charge < -0.3 is 5.73 Å². The predicted octanol–water partition coefficient (Wildman–Crippen LogP) is 4.27. The molecule has 0 aliphatic heterocycles. The van der Waals surface area contributed by atoms with Gasteiger partial charge in [0, 0.05) is 11.1 Å². The molecule has 1 aliphatic rings. The molecule has 1 nitrogen and oxygen atoms in total. The zero-order valence-electron chi connectivity index (χ0n) is 12.0. The fourth-order valence-corrected chi connectivity index (χ4v) is 3.18. The van der Waals surface area contributed by atoms with Crippen molar-refractivity contribution in [3.8, 4) is 0 Å². The van der Waals surface area contributed by atoms with E-state index in [1.165, 1.54) is 12.1 Å². The Morgan fingerprint density at radius 2 is 1.79 bits per heavy atom. The first-order valence-corrected chi connectivity index (χ1v) is 7.09. The van der Waals surface area contributed by atoms with Crippen LogP contribution in [0.1, 0.15) is 50.7 Å². The van der Waals surface area contributed by atoms with Crippen molar-refractivity contribution in [2.45, 2.75) is 52.0 Å². The van der Waals surface area contributed by atoms with Crippen molar-refractivity contribution in [3.05, 3.63) is 34.9 Å². The summed E-state index contributed by atoms with van der Waals surface area (Å²) in [6.07, 6.45) is 3.21. The smallest absolute Gasteiger partial charge is 0.134 e. The number of rotatable bonds is 2. The largest absolute Gasteiger partial charge is 0.321 e. The van der Waals surface area contributed by atoms with E-state index in [1.807, 2.05) is 0 Å². The monoisotopic (exact) mass is 267 g/mol. The van der Waals surface area contributed by atoms with Crippen LogP contribution in [0, 0.1) is 30.4 Å². The zero-order chi connectivity index (χ0) is 14.2. The van der Waals surface area contributed by atoms with Gasteiger partial charge in [-0.25, -0.2) is 8.78 Å². The van der Waals surface area contributed by atoms with E-state index >= 15 is 0 Å². The summed E-state index contributed by atoms with van der Waals surface area (Å²) in [6, 6.07) is 2.80. The van der Waals surface area contributed by atoms with Crippen LogP contribution in [0.4, 0.5) is 8.78 Å². The van der Waals surface area contributed by atoms with Crippen molar-refractivity contribution in [2.24, 2.45) is 17.6 Å². The van der Waals surface area contributed by atoms with Gasteiger partial charge in [0.15, 0.2) is 0 Å². The lowest BCUT2D eigenvalue weighted by Gasteiger charge is -2.39. The first kappa shape index (κ1) is 14.4. The molecule has 0 bridgehead atoms. The van der Waals surface area contributed by atoms with Gasteiger partial charge in [0.2, 0.25) is 0 Å². The average Bonchev–Trinajstić information content (AvgIpc) is 2.34. The van der Waals surface area contributed by atoms with Crippen LogP contribution < -0.4 is 5.73 Å². The molecule has 0 atom stereocenters. The predicted molar refractivity (Wildman–Crippen MR) is 73.8 cm³/mol. The molecule has 106 valence electrons. The summed E-state index contributed by atoms with van der Waals surface area (Å²) in [6.45, 7) is 6.05. The van der Waals surface area contributed by atoms with Gasteiger partial charge in [-0.15, -0.1) is 0 Å². The van der Waals surface area contributed by atoms with Crippen molar-refractivity contribution in [2.75, 3.05) is 0 Å². The first-order valence-electron chi connectivity index (χ1n) is 7.09. The van der Waals surface area contributed by atoms with Gasteiger partial charge >= 0.3 is 0 Å². The summed E-state index contributed by atoms with van der Waals surface area (Å²) in [5.41, 5.74) is 6.05. The molecule has 0 heterocycles. The molecular weight excluding hydrogens is 244 g/mol. The molecule has 1 aliphatic carbocycles. The zero-order valence-corrected chi connectivity index (χ0v) is 12.0. The molecule has 1 saturated carbocycles. The third-order valence-corrected chi connectivity index (χ3v) is 4.65. The highest BCUT2D eigenvalue weighted by atomic mass is 19.1. The van der Waals surface area contributed by atoms with Crippen LogP contribution in [-0.4, -0.2) is 0 Å². The molecule has 0 unspecified atom stereocenters. The van der Waals surface area contributed by atoms with Gasteiger partial charge in [0.05, 0.1) is 0 Å². The number of benzene rings is 1. The fraction of sp³-hybridized carbons (Fsp3) is 0.625. The van der Waals surface area contributed by atoms with Gasteiger partial charge in [-0.2, -0.15) is 0 Å². The molecule has 0 saturated heterocycles. The Hall–Kier alpha value is -0.960. The number of aryl methyl sites for hydroxylation is 1. The summed E-state index contributed by atoms with van der Waals surface area (Å²) < 4.78 is 28.2. The topological polar surface area (TPSA) is 26.0 Å². The van der Waals surface area contributed by atoms with Crippen molar-refractivity contribution < 1.29 is 8.78 Å². The number of nitrogens with two attached hydrogens (primary N) is 1. The van der Waals surface area contributed by atoms with Crippen LogP contribution in [0.25, 0.3) is 0 Å². The number of halogens is 2. The van der Waals surface area contributed by atoms with Crippen LogP contribution in [0.3, 0.4) is 0 Å². The van der Waals surface area contributed by atoms with E-state index in [2.05, 4.69) is 13.8 Å². The van der Waals surface area contributed by atoms with Crippen molar-refractivity contribution in [1.29, 1.82) is 0 Å². The SMILES string of the molecule is Cc1ccc(F)c(C2(N)CCC(C(C)C)CC2)c1F. The molecule has 19 heavy (non-hydrogen) atoms. The lowest BCUT2D eigenvalue weighted by atomic mass is 9.70. The Kier molecular flexibility index (Phi) is 3.95. The van der Waals surface area contributed by atoms with E-state index < -0.39 is 17.2 Å². The maximum atomic E-state index is 14.2. The fourth-order valence-electron chi connectivity index (χ4n) is 3.18. The van der Waals surface area contributed by atoms with Gasteiger partial charge in [0.25, 0.3) is 0 Å². The van der Waals surface area contributed by atoms with E-state index in [0.29, 0.717) is 30.2 Å². The first-order chi connectivity index (χ1) is 8.85. The molecule has 2 rings (SSSR count). The van der Waals surface area contributed by atoms with Crippen molar-refractivity contribution in [3.63, 3.8) is 0 Å². The molecular formula is C16H23F2N. The summed E-state index contributed by atoms with van der Waals surface area (Å²) in [7, 11) is 0. The summed E-state index contributed by atoms with van der Waals surface area (Å²) in [5.74, 6) is 0.253. The standard InChI is InChI=1S/C16H23F2N/c1-10(2)12-6-8-16(19,9-7-12)14-13(17)5-4-11(3)15(14)18/h4-5,10,12H,6-9,19H2,1-3H3. The van der Waals surface area contributed by atoms with E-state index in [9.17, 15) is 8.78 Å². The summed E-state index contributed by atoms with van der Waals surface area (Å²) in [5, 5.41) is 0. The Morgan fingerprint density at radius 1 is 1.21 bits per heavy atom. The molecule has 2 N–H and O–H groups in total. The van der Waals surface area contributed by atoms with Gasteiger partial charge in [-0.1, -0.05) is 19.9 Å². The van der Waals surface area contributed by atoms with Crippen LogP contribution in [0.2, 0.25) is 0 Å². The van der Waals surface area contributed by atoms with Crippen molar-refractivity contribution >= 4 is 0 Å². The van der Waals surface area contributed by atoms with Crippen LogP contribution in [0.5, 0.6) is 0 Å². The third-order valence-electron chi connectivity index (χ3n) is 4.65. The number of hydrogen-bond donors (Lipinski definition) is 1. The minimum atomic E-state index is -0.842. The summed E-state index contributed by atoms with van der Waals surface area (Å²) in [4.78, 5) is 0. The lowest BCUT2D eigenvalue weighted by Crippen LogP contribution is -2.42. The highest BCUT2D eigenvalue weighted by Crippen LogP contribution is 2.42. The third kappa shape index (κ3) is 2.66. The average molecular weight is 267 g/mol. The Labute approximate surface area is 114 Å². The molecule has 1 aromatic carbocycles. The molecule has 1 aromatic rings. The van der Waals surface area contributed by atoms with E-state index in [1.54, 1.807) is 6.92 Å². The van der Waals surface area contributed by atoms with Crippen LogP contribution >= 0.6 is 0 Å². The minimum absolute atomic E-state index is 0.0923. The molecule has 0 radical (unpaired) electrons. The Balaban J connectivity index is 2.30. The Morgan fingerprint density at radius 3 is 2.32 bits per heavy atom. The van der Waals surface area contributed by atoms with Crippen molar-refractivity contribution in [1.82, 2.24) is 0 Å². The second-order valence-electron chi connectivity index (χ2n) is 6.29. The van der Waals surface area contributed by atoms with Crippen LogP contribution in [-0.2, 0) is 5.54 Å². The molecule has 0 amide bonds. The minimum Gasteiger partial charge on any atom is -0.321 e. The maximum absolute atomic E-state index is 14.2. The van der Waals surface area contributed by atoms with Gasteiger partial charge in [-0.3, -0.25) is 0 Å². The molecule has 0 aromatic heterocycles.